The van der Waals surface area contributed by atoms with E-state index in [2.05, 4.69) is 5.32 Å². The molecule has 0 unspecified atom stereocenters. The minimum Gasteiger partial charge on any atom is -0.367 e. The molecule has 1 N–H and O–H groups in total. The maximum atomic E-state index is 13.8. The first-order valence-electron chi connectivity index (χ1n) is 9.56. The summed E-state index contributed by atoms with van der Waals surface area (Å²) in [6, 6.07) is 13.8. The van der Waals surface area contributed by atoms with Gasteiger partial charge in [0.2, 0.25) is 5.91 Å². The largest absolute Gasteiger partial charge is 0.367 e. The van der Waals surface area contributed by atoms with Gasteiger partial charge in [0, 0.05) is 44.7 Å². The first-order valence-corrected chi connectivity index (χ1v) is 9.56. The summed E-state index contributed by atoms with van der Waals surface area (Å²) < 4.78 is 13.8. The number of nitrogens with one attached hydrogen (secondary N) is 1. The number of carbonyl (C=O) groups is 2. The van der Waals surface area contributed by atoms with E-state index in [9.17, 15) is 19.2 Å². The molecule has 150 valence electrons. The Bertz CT molecular complexity index is 946. The van der Waals surface area contributed by atoms with Crippen molar-refractivity contribution in [2.75, 3.05) is 37.6 Å². The van der Waals surface area contributed by atoms with Crippen LogP contribution in [0.2, 0.25) is 0 Å². The molecule has 0 radical (unpaired) electrons. The molecule has 0 saturated carbocycles. The van der Waals surface area contributed by atoms with Crippen LogP contribution in [0.1, 0.15) is 27.9 Å². The number of hydrogen-bond donors (Lipinski definition) is 1. The molecule has 2 aromatic carbocycles. The van der Waals surface area contributed by atoms with Crippen LogP contribution >= 0.6 is 0 Å². The molecule has 6 nitrogen and oxygen atoms in total. The van der Waals surface area contributed by atoms with Crippen LogP contribution in [0.25, 0.3) is 0 Å². The Labute approximate surface area is 169 Å². The van der Waals surface area contributed by atoms with Crippen molar-refractivity contribution in [2.45, 2.75) is 13.3 Å². The minimum atomic E-state index is -0.534. The van der Waals surface area contributed by atoms with Crippen LogP contribution in [0.15, 0.2) is 42.5 Å². The van der Waals surface area contributed by atoms with Crippen molar-refractivity contribution >= 4 is 17.5 Å². The van der Waals surface area contributed by atoms with E-state index in [1.807, 2.05) is 36.1 Å². The highest BCUT2D eigenvalue weighted by Crippen LogP contribution is 2.23. The molecule has 1 aliphatic heterocycles. The lowest BCUT2D eigenvalue weighted by Crippen LogP contribution is -2.49. The van der Waals surface area contributed by atoms with Crippen molar-refractivity contribution in [1.82, 2.24) is 10.2 Å². The summed E-state index contributed by atoms with van der Waals surface area (Å²) in [6.07, 6.45) is 0.223. The molecule has 0 spiro atoms. The zero-order chi connectivity index (χ0) is 20.8. The van der Waals surface area contributed by atoms with Crippen molar-refractivity contribution in [3.63, 3.8) is 0 Å². The highest BCUT2D eigenvalue weighted by molar-refractivity contribution is 5.95. The van der Waals surface area contributed by atoms with Gasteiger partial charge in [0.1, 0.15) is 17.4 Å². The summed E-state index contributed by atoms with van der Waals surface area (Å²) in [5.41, 5.74) is 2.09. The lowest BCUT2D eigenvalue weighted by molar-refractivity contribution is -0.131. The van der Waals surface area contributed by atoms with Crippen molar-refractivity contribution in [1.29, 1.82) is 5.26 Å². The Balaban J connectivity index is 1.48. The number of piperazine rings is 1. The molecule has 0 aliphatic carbocycles. The van der Waals surface area contributed by atoms with Crippen LogP contribution in [-0.4, -0.2) is 49.4 Å². The maximum Gasteiger partial charge on any atom is 0.251 e. The Hall–Kier alpha value is -3.40. The average Bonchev–Trinajstić information content (AvgIpc) is 2.73. The van der Waals surface area contributed by atoms with E-state index in [-0.39, 0.29) is 30.3 Å². The number of hydrogen-bond acceptors (Lipinski definition) is 4. The molecule has 7 heteroatoms. The van der Waals surface area contributed by atoms with Crippen LogP contribution in [0.4, 0.5) is 10.1 Å². The number of anilines is 1. The SMILES string of the molecule is Cc1ccccc1C(=O)NCCC(=O)N1CCN(c2cccc(F)c2C#N)CC1. The van der Waals surface area contributed by atoms with Gasteiger partial charge in [-0.15, -0.1) is 0 Å². The number of nitrogens with zero attached hydrogens (tertiary/aromatic N) is 3. The van der Waals surface area contributed by atoms with E-state index >= 15 is 0 Å². The summed E-state index contributed by atoms with van der Waals surface area (Å²) in [6.45, 7) is 4.18. The number of halogens is 1. The molecule has 1 heterocycles. The molecule has 1 saturated heterocycles. The zero-order valence-electron chi connectivity index (χ0n) is 16.3. The fourth-order valence-corrected chi connectivity index (χ4v) is 3.45. The molecule has 2 amide bonds. The standard InChI is InChI=1S/C22H23FN4O2/c1-16-5-2-3-6-17(16)22(29)25-10-9-21(28)27-13-11-26(12-14-27)20-8-4-7-19(23)18(20)15-24/h2-8H,9-14H2,1H3,(H,25,29). The van der Waals surface area contributed by atoms with Crippen molar-refractivity contribution in [2.24, 2.45) is 0 Å². The van der Waals surface area contributed by atoms with E-state index in [1.165, 1.54) is 6.07 Å². The fraction of sp³-hybridized carbons (Fsp3) is 0.318. The second-order valence-electron chi connectivity index (χ2n) is 6.93. The molecule has 0 atom stereocenters. The summed E-state index contributed by atoms with van der Waals surface area (Å²) in [5.74, 6) is -0.752. The smallest absolute Gasteiger partial charge is 0.251 e. The average molecular weight is 394 g/mol. The monoisotopic (exact) mass is 394 g/mol. The Morgan fingerprint density at radius 1 is 1.10 bits per heavy atom. The predicted molar refractivity (Wildman–Crippen MR) is 108 cm³/mol. The van der Waals surface area contributed by atoms with Gasteiger partial charge in [-0.05, 0) is 30.7 Å². The summed E-state index contributed by atoms with van der Waals surface area (Å²) in [4.78, 5) is 28.3. The molecule has 2 aromatic rings. The van der Waals surface area contributed by atoms with Gasteiger partial charge in [0.15, 0.2) is 0 Å². The third-order valence-corrected chi connectivity index (χ3v) is 5.09. The van der Waals surface area contributed by atoms with E-state index in [0.29, 0.717) is 37.4 Å². The van der Waals surface area contributed by atoms with Gasteiger partial charge in [-0.1, -0.05) is 24.3 Å². The molecular formula is C22H23FN4O2. The van der Waals surface area contributed by atoms with Crippen molar-refractivity contribution < 1.29 is 14.0 Å². The Morgan fingerprint density at radius 3 is 2.52 bits per heavy atom. The van der Waals surface area contributed by atoms with Gasteiger partial charge in [-0.2, -0.15) is 5.26 Å². The lowest BCUT2D eigenvalue weighted by Gasteiger charge is -2.36. The molecule has 29 heavy (non-hydrogen) atoms. The molecule has 1 fully saturated rings. The number of carbonyl (C=O) groups excluding carboxylic acids is 2. The second-order valence-corrected chi connectivity index (χ2v) is 6.93. The third kappa shape index (κ3) is 4.72. The number of nitriles is 1. The van der Waals surface area contributed by atoms with Crippen LogP contribution < -0.4 is 10.2 Å². The number of aryl methyl sites for hydroxylation is 1. The van der Waals surface area contributed by atoms with Gasteiger partial charge in [-0.3, -0.25) is 9.59 Å². The predicted octanol–water partition coefficient (Wildman–Crippen LogP) is 2.47. The maximum absolute atomic E-state index is 13.8. The van der Waals surface area contributed by atoms with E-state index < -0.39 is 5.82 Å². The third-order valence-electron chi connectivity index (χ3n) is 5.09. The topological polar surface area (TPSA) is 76.4 Å². The van der Waals surface area contributed by atoms with Gasteiger partial charge < -0.3 is 15.1 Å². The normalized spacial score (nSPS) is 13.7. The first-order chi connectivity index (χ1) is 14.0. The van der Waals surface area contributed by atoms with E-state index in [1.54, 1.807) is 23.1 Å². The van der Waals surface area contributed by atoms with E-state index in [4.69, 9.17) is 0 Å². The summed E-state index contributed by atoms with van der Waals surface area (Å²) in [5, 5.41) is 12.0. The van der Waals surface area contributed by atoms with Crippen LogP contribution in [-0.2, 0) is 4.79 Å². The molecule has 0 aromatic heterocycles. The Kier molecular flexibility index (Phi) is 6.45. The van der Waals surface area contributed by atoms with Gasteiger partial charge in [-0.25, -0.2) is 4.39 Å². The van der Waals surface area contributed by atoms with Gasteiger partial charge in [0.25, 0.3) is 5.91 Å². The molecule has 1 aliphatic rings. The number of benzene rings is 2. The number of rotatable bonds is 5. The van der Waals surface area contributed by atoms with Gasteiger partial charge >= 0.3 is 0 Å². The van der Waals surface area contributed by atoms with Crippen LogP contribution in [0.3, 0.4) is 0 Å². The molecule has 3 rings (SSSR count). The van der Waals surface area contributed by atoms with Crippen molar-refractivity contribution in [3.05, 3.63) is 65.0 Å². The summed E-state index contributed by atoms with van der Waals surface area (Å²) >= 11 is 0. The quantitative estimate of drug-likeness (QED) is 0.845. The molecular weight excluding hydrogens is 371 g/mol. The number of amides is 2. The van der Waals surface area contributed by atoms with E-state index in [0.717, 1.165) is 5.56 Å². The van der Waals surface area contributed by atoms with Crippen LogP contribution in [0.5, 0.6) is 0 Å². The fourth-order valence-electron chi connectivity index (χ4n) is 3.45. The van der Waals surface area contributed by atoms with Crippen molar-refractivity contribution in [3.8, 4) is 6.07 Å². The van der Waals surface area contributed by atoms with Crippen LogP contribution in [0, 0.1) is 24.1 Å². The Morgan fingerprint density at radius 2 is 1.83 bits per heavy atom. The minimum absolute atomic E-state index is 0.0329. The molecule has 0 bridgehead atoms. The lowest BCUT2D eigenvalue weighted by atomic mass is 10.1. The summed E-state index contributed by atoms with van der Waals surface area (Å²) in [7, 11) is 0. The van der Waals surface area contributed by atoms with Gasteiger partial charge in [0.05, 0.1) is 5.69 Å². The highest BCUT2D eigenvalue weighted by atomic mass is 19.1. The highest BCUT2D eigenvalue weighted by Gasteiger charge is 2.23. The zero-order valence-corrected chi connectivity index (χ0v) is 16.3. The second kappa shape index (κ2) is 9.20. The first kappa shape index (κ1) is 20.3.